The van der Waals surface area contributed by atoms with Gasteiger partial charge in [0.2, 0.25) is 0 Å². The van der Waals surface area contributed by atoms with E-state index in [9.17, 15) is 14.4 Å². The van der Waals surface area contributed by atoms with E-state index in [1.54, 1.807) is 0 Å². The van der Waals surface area contributed by atoms with Gasteiger partial charge in [-0.2, -0.15) is 0 Å². The minimum absolute atomic E-state index is 0.111. The molecule has 0 aliphatic carbocycles. The van der Waals surface area contributed by atoms with Crippen LogP contribution in [0.4, 0.5) is 0 Å². The monoisotopic (exact) mass is 230 g/mol. The van der Waals surface area contributed by atoms with Crippen molar-refractivity contribution in [3.05, 3.63) is 0 Å². The molecule has 92 valence electrons. The topological polar surface area (TPSA) is 91.7 Å². The lowest BCUT2D eigenvalue weighted by molar-refractivity contribution is -0.140. The van der Waals surface area contributed by atoms with Crippen LogP contribution in [-0.2, 0) is 14.4 Å². The van der Waals surface area contributed by atoms with E-state index in [0.29, 0.717) is 19.3 Å². The highest BCUT2D eigenvalue weighted by molar-refractivity contribution is 5.82. The van der Waals surface area contributed by atoms with Gasteiger partial charge in [-0.05, 0) is 19.8 Å². The van der Waals surface area contributed by atoms with Gasteiger partial charge >= 0.3 is 11.9 Å². The third kappa shape index (κ3) is 7.96. The van der Waals surface area contributed by atoms with Gasteiger partial charge in [-0.1, -0.05) is 12.8 Å². The number of carboxylic acids is 2. The SMILES string of the molecule is CC(=O)C(CCCCCC(=O)O)CC(=O)O. The summed E-state index contributed by atoms with van der Waals surface area (Å²) in [6.45, 7) is 1.39. The molecule has 0 radical (unpaired) electrons. The van der Waals surface area contributed by atoms with Gasteiger partial charge < -0.3 is 10.2 Å². The highest BCUT2D eigenvalue weighted by Crippen LogP contribution is 2.15. The maximum atomic E-state index is 11.1. The summed E-state index contributed by atoms with van der Waals surface area (Å²) in [5, 5.41) is 17.0. The molecule has 0 aliphatic heterocycles. The van der Waals surface area contributed by atoms with Crippen molar-refractivity contribution in [2.45, 2.75) is 45.4 Å². The van der Waals surface area contributed by atoms with Crippen molar-refractivity contribution in [2.24, 2.45) is 5.92 Å². The fourth-order valence-corrected chi connectivity index (χ4v) is 1.50. The number of ketones is 1. The Balaban J connectivity index is 3.72. The first-order chi connectivity index (χ1) is 7.43. The summed E-state index contributed by atoms with van der Waals surface area (Å²) in [4.78, 5) is 31.8. The lowest BCUT2D eigenvalue weighted by Crippen LogP contribution is -2.15. The van der Waals surface area contributed by atoms with Crippen molar-refractivity contribution in [1.29, 1.82) is 0 Å². The predicted molar refractivity (Wildman–Crippen MR) is 57.1 cm³/mol. The average Bonchev–Trinajstić information content (AvgIpc) is 2.14. The van der Waals surface area contributed by atoms with Crippen LogP contribution in [0.15, 0.2) is 0 Å². The molecule has 0 heterocycles. The quantitative estimate of drug-likeness (QED) is 0.588. The molecule has 0 saturated heterocycles. The summed E-state index contributed by atoms with van der Waals surface area (Å²) < 4.78 is 0. The summed E-state index contributed by atoms with van der Waals surface area (Å²) in [5.41, 5.74) is 0. The van der Waals surface area contributed by atoms with E-state index in [-0.39, 0.29) is 18.6 Å². The molecule has 0 aromatic heterocycles. The molecule has 0 saturated carbocycles. The zero-order chi connectivity index (χ0) is 12.6. The van der Waals surface area contributed by atoms with Gasteiger partial charge in [0.1, 0.15) is 5.78 Å². The van der Waals surface area contributed by atoms with Gasteiger partial charge in [-0.25, -0.2) is 0 Å². The minimum atomic E-state index is -0.967. The maximum absolute atomic E-state index is 11.1. The van der Waals surface area contributed by atoms with Crippen LogP contribution in [0.5, 0.6) is 0 Å². The van der Waals surface area contributed by atoms with E-state index >= 15 is 0 Å². The minimum Gasteiger partial charge on any atom is -0.481 e. The van der Waals surface area contributed by atoms with E-state index in [2.05, 4.69) is 0 Å². The van der Waals surface area contributed by atoms with E-state index < -0.39 is 17.9 Å². The summed E-state index contributed by atoms with van der Waals surface area (Å²) in [6, 6.07) is 0. The van der Waals surface area contributed by atoms with Crippen LogP contribution < -0.4 is 0 Å². The number of aliphatic carboxylic acids is 2. The van der Waals surface area contributed by atoms with Gasteiger partial charge in [0, 0.05) is 12.3 Å². The van der Waals surface area contributed by atoms with Crippen LogP contribution >= 0.6 is 0 Å². The van der Waals surface area contributed by atoms with Crippen molar-refractivity contribution in [3.8, 4) is 0 Å². The van der Waals surface area contributed by atoms with Crippen LogP contribution in [0.2, 0.25) is 0 Å². The van der Waals surface area contributed by atoms with Crippen LogP contribution in [0.1, 0.15) is 45.4 Å². The van der Waals surface area contributed by atoms with E-state index in [4.69, 9.17) is 10.2 Å². The number of rotatable bonds is 9. The van der Waals surface area contributed by atoms with Crippen molar-refractivity contribution in [2.75, 3.05) is 0 Å². The lowest BCUT2D eigenvalue weighted by atomic mass is 9.94. The zero-order valence-electron chi connectivity index (χ0n) is 9.44. The van der Waals surface area contributed by atoms with Gasteiger partial charge in [0.15, 0.2) is 0 Å². The van der Waals surface area contributed by atoms with Crippen molar-refractivity contribution in [1.82, 2.24) is 0 Å². The Morgan fingerprint density at radius 1 is 1.00 bits per heavy atom. The molecule has 5 nitrogen and oxygen atoms in total. The molecular weight excluding hydrogens is 212 g/mol. The van der Waals surface area contributed by atoms with Crippen molar-refractivity contribution >= 4 is 17.7 Å². The Bertz CT molecular complexity index is 259. The number of hydrogen-bond acceptors (Lipinski definition) is 3. The summed E-state index contributed by atoms with van der Waals surface area (Å²) in [5.74, 6) is -2.33. The molecule has 0 aliphatic rings. The molecule has 0 aromatic carbocycles. The molecule has 0 spiro atoms. The number of hydrogen-bond donors (Lipinski definition) is 2. The third-order valence-electron chi connectivity index (χ3n) is 2.44. The van der Waals surface area contributed by atoms with Gasteiger partial charge in [-0.15, -0.1) is 0 Å². The number of Topliss-reactive ketones (excluding diaryl/α,β-unsaturated/α-hetero) is 1. The summed E-state index contributed by atoms with van der Waals surface area (Å²) in [6.07, 6.45) is 2.52. The van der Waals surface area contributed by atoms with Crippen LogP contribution in [0, 0.1) is 5.92 Å². The zero-order valence-corrected chi connectivity index (χ0v) is 9.44. The summed E-state index contributed by atoms with van der Waals surface area (Å²) in [7, 11) is 0. The second-order valence-electron chi connectivity index (χ2n) is 3.90. The highest BCUT2D eigenvalue weighted by Gasteiger charge is 2.17. The Kier molecular flexibility index (Phi) is 7.16. The smallest absolute Gasteiger partial charge is 0.304 e. The number of carboxylic acid groups (broad SMARTS) is 2. The first-order valence-corrected chi connectivity index (χ1v) is 5.37. The Hall–Kier alpha value is -1.39. The number of unbranched alkanes of at least 4 members (excludes halogenated alkanes) is 2. The molecular formula is C11H18O5. The summed E-state index contributed by atoms with van der Waals surface area (Å²) >= 11 is 0. The third-order valence-corrected chi connectivity index (χ3v) is 2.44. The Morgan fingerprint density at radius 3 is 2.06 bits per heavy atom. The normalized spacial score (nSPS) is 12.1. The lowest BCUT2D eigenvalue weighted by Gasteiger charge is -2.10. The van der Waals surface area contributed by atoms with E-state index in [1.807, 2.05) is 0 Å². The van der Waals surface area contributed by atoms with Gasteiger partial charge in [0.25, 0.3) is 0 Å². The van der Waals surface area contributed by atoms with Crippen LogP contribution in [0.25, 0.3) is 0 Å². The molecule has 0 amide bonds. The van der Waals surface area contributed by atoms with Crippen LogP contribution in [0.3, 0.4) is 0 Å². The molecule has 2 N–H and O–H groups in total. The van der Waals surface area contributed by atoms with Gasteiger partial charge in [0.05, 0.1) is 6.42 Å². The number of carbonyl (C=O) groups is 3. The molecule has 0 fully saturated rings. The molecule has 1 unspecified atom stereocenters. The number of carbonyl (C=O) groups excluding carboxylic acids is 1. The van der Waals surface area contributed by atoms with Crippen molar-refractivity contribution < 1.29 is 24.6 Å². The van der Waals surface area contributed by atoms with Crippen molar-refractivity contribution in [3.63, 3.8) is 0 Å². The maximum Gasteiger partial charge on any atom is 0.304 e. The highest BCUT2D eigenvalue weighted by atomic mass is 16.4. The molecule has 0 bridgehead atoms. The molecule has 16 heavy (non-hydrogen) atoms. The second kappa shape index (κ2) is 7.84. The van der Waals surface area contributed by atoms with Crippen LogP contribution in [-0.4, -0.2) is 27.9 Å². The molecule has 0 aromatic rings. The molecule has 0 rings (SSSR count). The Labute approximate surface area is 94.5 Å². The largest absolute Gasteiger partial charge is 0.481 e. The molecule has 1 atom stereocenters. The van der Waals surface area contributed by atoms with Gasteiger partial charge in [-0.3, -0.25) is 14.4 Å². The molecule has 5 heteroatoms. The fourth-order valence-electron chi connectivity index (χ4n) is 1.50. The second-order valence-corrected chi connectivity index (χ2v) is 3.90. The average molecular weight is 230 g/mol. The Morgan fingerprint density at radius 2 is 1.62 bits per heavy atom. The van der Waals surface area contributed by atoms with E-state index in [0.717, 1.165) is 6.42 Å². The first-order valence-electron chi connectivity index (χ1n) is 5.37. The standard InChI is InChI=1S/C11H18O5/c1-8(12)9(7-11(15)16)5-3-2-4-6-10(13)14/h9H,2-7H2,1H3,(H,13,14)(H,15,16). The predicted octanol–water partition coefficient (Wildman–Crippen LogP) is 1.70. The first kappa shape index (κ1) is 14.6. The fraction of sp³-hybridized carbons (Fsp3) is 0.727. The van der Waals surface area contributed by atoms with E-state index in [1.165, 1.54) is 6.92 Å².